The number of benzene rings is 1. The fourth-order valence-corrected chi connectivity index (χ4v) is 4.71. The van der Waals surface area contributed by atoms with Crippen molar-refractivity contribution in [2.24, 2.45) is 10.9 Å². The fraction of sp³-hybridized carbons (Fsp3) is 0.267. The number of halogens is 5. The van der Waals surface area contributed by atoms with Gasteiger partial charge in [-0.3, -0.25) is 9.98 Å². The summed E-state index contributed by atoms with van der Waals surface area (Å²) in [5.74, 6) is 0.642. The lowest BCUT2D eigenvalue weighted by Crippen LogP contribution is -2.16. The van der Waals surface area contributed by atoms with Gasteiger partial charge in [-0.2, -0.15) is 13.2 Å². The number of anilines is 1. The van der Waals surface area contributed by atoms with Gasteiger partial charge >= 0.3 is 6.18 Å². The van der Waals surface area contributed by atoms with Gasteiger partial charge in [0.05, 0.1) is 11.3 Å². The van der Waals surface area contributed by atoms with Crippen molar-refractivity contribution < 1.29 is 22.0 Å². The Morgan fingerprint density at radius 2 is 1.90 bits per heavy atom. The number of nitrogens with one attached hydrogen (secondary N) is 2. The maximum atomic E-state index is 13.8. The van der Waals surface area contributed by atoms with Gasteiger partial charge in [0.15, 0.2) is 0 Å². The van der Waals surface area contributed by atoms with Gasteiger partial charge in [-0.1, -0.05) is 56.9 Å². The Hall–Kier alpha value is -3.66. The van der Waals surface area contributed by atoms with E-state index in [2.05, 4.69) is 40.5 Å². The first kappa shape index (κ1) is 30.9. The number of thioether (sulfide) groups is 1. The van der Waals surface area contributed by atoms with Crippen LogP contribution in [-0.2, 0) is 6.54 Å². The van der Waals surface area contributed by atoms with Gasteiger partial charge < -0.3 is 10.6 Å². The van der Waals surface area contributed by atoms with E-state index >= 15 is 0 Å². The molecule has 0 spiro atoms. The Morgan fingerprint density at radius 3 is 2.55 bits per heavy atom. The number of aromatic nitrogens is 1. The second kappa shape index (κ2) is 13.6. The minimum Gasteiger partial charge on any atom is -0.384 e. The van der Waals surface area contributed by atoms with Crippen molar-refractivity contribution in [1.29, 1.82) is 0 Å². The Labute approximate surface area is 235 Å². The maximum absolute atomic E-state index is 13.8. The first-order valence-electron chi connectivity index (χ1n) is 12.4. The third-order valence-electron chi connectivity index (χ3n) is 6.07. The number of nitrogens with zero attached hydrogens (tertiary/aromatic N) is 2. The van der Waals surface area contributed by atoms with Crippen molar-refractivity contribution in [1.82, 2.24) is 10.3 Å². The lowest BCUT2D eigenvalue weighted by atomic mass is 10.1. The van der Waals surface area contributed by atoms with Crippen LogP contribution >= 0.6 is 11.8 Å². The van der Waals surface area contributed by atoms with Crippen molar-refractivity contribution in [2.75, 3.05) is 11.1 Å². The predicted molar refractivity (Wildman–Crippen MR) is 155 cm³/mol. The average molecular weight is 575 g/mol. The van der Waals surface area contributed by atoms with E-state index in [1.807, 2.05) is 13.8 Å². The smallest absolute Gasteiger partial charge is 0.384 e. The van der Waals surface area contributed by atoms with E-state index in [0.29, 0.717) is 35.7 Å². The molecule has 0 atom stereocenters. The summed E-state index contributed by atoms with van der Waals surface area (Å²) in [4.78, 5) is 8.74. The minimum absolute atomic E-state index is 0.187. The van der Waals surface area contributed by atoms with Crippen LogP contribution in [0, 0.1) is 5.92 Å². The molecule has 1 aromatic heterocycles. The Balaban J connectivity index is 1.78. The second-order valence-electron chi connectivity index (χ2n) is 9.39. The normalized spacial score (nSPS) is 13.5. The molecule has 10 heteroatoms. The largest absolute Gasteiger partial charge is 0.416 e. The SMILES string of the molecule is C=Nc1ccc(NC(=C)c2cc(CNC(=C)C(C)C)cnc2C(F)F)cc1SCC1=CC=C(C(F)(F)F)C=CC1. The van der Waals surface area contributed by atoms with Crippen molar-refractivity contribution in [3.63, 3.8) is 0 Å². The maximum Gasteiger partial charge on any atom is 0.416 e. The van der Waals surface area contributed by atoms with Gasteiger partial charge in [0.2, 0.25) is 0 Å². The summed E-state index contributed by atoms with van der Waals surface area (Å²) in [6, 6.07) is 6.84. The summed E-state index contributed by atoms with van der Waals surface area (Å²) in [7, 11) is 0. The molecule has 1 heterocycles. The molecule has 4 nitrogen and oxygen atoms in total. The highest BCUT2D eigenvalue weighted by molar-refractivity contribution is 7.99. The zero-order valence-corrected chi connectivity index (χ0v) is 23.1. The predicted octanol–water partition coefficient (Wildman–Crippen LogP) is 9.16. The van der Waals surface area contributed by atoms with Crippen LogP contribution in [-0.4, -0.2) is 23.6 Å². The van der Waals surface area contributed by atoms with Crippen LogP contribution in [0.25, 0.3) is 5.70 Å². The summed E-state index contributed by atoms with van der Waals surface area (Å²) in [5.41, 5.74) is 2.82. The van der Waals surface area contributed by atoms with E-state index in [-0.39, 0.29) is 22.9 Å². The van der Waals surface area contributed by atoms with E-state index in [0.717, 1.165) is 28.3 Å². The van der Waals surface area contributed by atoms with Gasteiger partial charge in [0, 0.05) is 46.0 Å². The van der Waals surface area contributed by atoms with Crippen molar-refractivity contribution in [2.45, 2.75) is 44.3 Å². The average Bonchev–Trinajstić information content (AvgIpc) is 3.16. The van der Waals surface area contributed by atoms with Gasteiger partial charge in [-0.15, -0.1) is 11.8 Å². The Morgan fingerprint density at radius 1 is 1.15 bits per heavy atom. The third-order valence-corrected chi connectivity index (χ3v) is 7.22. The molecular formula is C30H31F5N4S. The van der Waals surface area contributed by atoms with E-state index in [1.165, 1.54) is 30.1 Å². The molecule has 3 rings (SSSR count). The molecule has 0 saturated carbocycles. The topological polar surface area (TPSA) is 49.3 Å². The molecule has 0 radical (unpaired) electrons. The van der Waals surface area contributed by atoms with E-state index in [1.54, 1.807) is 24.3 Å². The highest BCUT2D eigenvalue weighted by atomic mass is 32.2. The Bertz CT molecular complexity index is 1360. The molecule has 2 N–H and O–H groups in total. The number of hydrogen-bond acceptors (Lipinski definition) is 5. The summed E-state index contributed by atoms with van der Waals surface area (Å²) < 4.78 is 66.6. The molecule has 0 saturated heterocycles. The van der Waals surface area contributed by atoms with E-state index in [4.69, 9.17) is 0 Å². The number of rotatable bonds is 12. The van der Waals surface area contributed by atoms with E-state index in [9.17, 15) is 22.0 Å². The van der Waals surface area contributed by atoms with Gasteiger partial charge in [-0.05, 0) is 48.9 Å². The van der Waals surface area contributed by atoms with Crippen LogP contribution in [0.15, 0.2) is 94.7 Å². The van der Waals surface area contributed by atoms with Gasteiger partial charge in [0.1, 0.15) is 5.69 Å². The van der Waals surface area contributed by atoms with Crippen LogP contribution in [0.2, 0.25) is 0 Å². The number of aliphatic imine (C=N–C) groups is 1. The van der Waals surface area contributed by atoms with Crippen molar-refractivity contribution >= 4 is 35.6 Å². The number of alkyl halides is 5. The fourth-order valence-electron chi connectivity index (χ4n) is 3.67. The van der Waals surface area contributed by atoms with Crippen LogP contribution in [0.3, 0.4) is 0 Å². The van der Waals surface area contributed by atoms with E-state index < -0.39 is 18.2 Å². The van der Waals surface area contributed by atoms with Crippen molar-refractivity contribution in [3.05, 3.63) is 102 Å². The first-order chi connectivity index (χ1) is 18.9. The summed E-state index contributed by atoms with van der Waals surface area (Å²) in [5, 5.41) is 6.26. The molecule has 2 aromatic rings. The number of hydrogen-bond donors (Lipinski definition) is 2. The first-order valence-corrected chi connectivity index (χ1v) is 13.4. The Kier molecular flexibility index (Phi) is 10.5. The molecule has 40 heavy (non-hydrogen) atoms. The molecular weight excluding hydrogens is 543 g/mol. The van der Waals surface area contributed by atoms with Crippen LogP contribution in [0.4, 0.5) is 33.3 Å². The summed E-state index contributed by atoms with van der Waals surface area (Å²) in [6.45, 7) is 15.9. The molecule has 0 unspecified atom stereocenters. The molecule has 0 amide bonds. The second-order valence-corrected chi connectivity index (χ2v) is 10.4. The van der Waals surface area contributed by atoms with Crippen LogP contribution in [0.1, 0.15) is 43.5 Å². The van der Waals surface area contributed by atoms with Crippen LogP contribution in [0.5, 0.6) is 0 Å². The molecule has 0 fully saturated rings. The van der Waals surface area contributed by atoms with Gasteiger partial charge in [-0.25, -0.2) is 8.78 Å². The highest BCUT2D eigenvalue weighted by Crippen LogP contribution is 2.36. The third kappa shape index (κ3) is 8.42. The highest BCUT2D eigenvalue weighted by Gasteiger charge is 2.31. The zero-order chi connectivity index (χ0) is 29.4. The molecule has 1 aliphatic rings. The molecule has 0 bridgehead atoms. The standard InChI is InChI=1S/C30H31F5N4S/c1-18(2)19(3)37-15-22-13-25(28(29(31)32)38-16-22)20(4)39-24-11-12-26(36-5)27(14-24)40-17-21-7-6-8-23(10-9-21)30(33,34)35/h6,8-14,16,18,29,37,39H,3-5,7,15,17H2,1-2H3. The minimum atomic E-state index is -4.41. The van der Waals surface area contributed by atoms with Gasteiger partial charge in [0.25, 0.3) is 6.43 Å². The lowest BCUT2D eigenvalue weighted by Gasteiger charge is -2.17. The summed E-state index contributed by atoms with van der Waals surface area (Å²) in [6.07, 6.45) is -0.289. The van der Waals surface area contributed by atoms with Crippen molar-refractivity contribution in [3.8, 4) is 0 Å². The quantitative estimate of drug-likeness (QED) is 0.151. The molecule has 212 valence electrons. The summed E-state index contributed by atoms with van der Waals surface area (Å²) >= 11 is 1.39. The van der Waals surface area contributed by atoms with Crippen LogP contribution < -0.4 is 10.6 Å². The number of allylic oxidation sites excluding steroid dienone is 6. The zero-order valence-electron chi connectivity index (χ0n) is 22.3. The molecule has 1 aliphatic carbocycles. The lowest BCUT2D eigenvalue weighted by molar-refractivity contribution is -0.0881. The monoisotopic (exact) mass is 574 g/mol. The molecule has 0 aliphatic heterocycles. The number of pyridine rings is 1. The molecule has 1 aromatic carbocycles.